The molecule has 0 saturated heterocycles. The third kappa shape index (κ3) is 5.85. The maximum absolute atomic E-state index is 12.1. The van der Waals surface area contributed by atoms with Crippen LogP contribution in [-0.4, -0.2) is 38.5 Å². The van der Waals surface area contributed by atoms with Gasteiger partial charge in [0.05, 0.1) is 22.8 Å². The zero-order valence-corrected chi connectivity index (χ0v) is 13.2. The van der Waals surface area contributed by atoms with Crippen molar-refractivity contribution in [3.05, 3.63) is 29.8 Å². The van der Waals surface area contributed by atoms with Crippen molar-refractivity contribution in [3.8, 4) is 0 Å². The van der Waals surface area contributed by atoms with Gasteiger partial charge in [0.25, 0.3) is 0 Å². The molecule has 0 heterocycles. The van der Waals surface area contributed by atoms with Crippen molar-refractivity contribution in [1.82, 2.24) is 0 Å². The van der Waals surface area contributed by atoms with Crippen LogP contribution in [0.4, 0.5) is 0 Å². The van der Waals surface area contributed by atoms with Gasteiger partial charge in [0, 0.05) is 6.61 Å². The van der Waals surface area contributed by atoms with Crippen molar-refractivity contribution in [1.29, 1.82) is 0 Å². The molecule has 118 valence electrons. The Morgan fingerprint density at radius 3 is 2.43 bits per heavy atom. The van der Waals surface area contributed by atoms with Gasteiger partial charge in [-0.3, -0.25) is 0 Å². The van der Waals surface area contributed by atoms with E-state index in [4.69, 9.17) is 9.84 Å². The summed E-state index contributed by atoms with van der Waals surface area (Å²) in [6.45, 7) is 4.88. The van der Waals surface area contributed by atoms with Gasteiger partial charge in [0.1, 0.15) is 0 Å². The summed E-state index contributed by atoms with van der Waals surface area (Å²) in [6, 6.07) is 5.22. The van der Waals surface area contributed by atoms with Crippen molar-refractivity contribution >= 4 is 15.8 Å². The van der Waals surface area contributed by atoms with Gasteiger partial charge in [-0.05, 0) is 36.6 Å². The summed E-state index contributed by atoms with van der Waals surface area (Å²) in [4.78, 5) is 10.8. The Hall–Kier alpha value is -1.40. The Morgan fingerprint density at radius 2 is 1.90 bits per heavy atom. The van der Waals surface area contributed by atoms with Crippen LogP contribution < -0.4 is 0 Å². The largest absolute Gasteiger partial charge is 0.478 e. The molecule has 6 heteroatoms. The first-order valence-electron chi connectivity index (χ1n) is 7.00. The van der Waals surface area contributed by atoms with Gasteiger partial charge in [-0.1, -0.05) is 20.3 Å². The summed E-state index contributed by atoms with van der Waals surface area (Å²) in [5, 5.41) is 8.78. The van der Waals surface area contributed by atoms with E-state index in [0.29, 0.717) is 12.5 Å². The van der Waals surface area contributed by atoms with Crippen LogP contribution in [0.2, 0.25) is 0 Å². The predicted molar refractivity (Wildman–Crippen MR) is 80.3 cm³/mol. The van der Waals surface area contributed by atoms with Crippen molar-refractivity contribution in [2.45, 2.75) is 31.6 Å². The summed E-state index contributed by atoms with van der Waals surface area (Å²) in [5.41, 5.74) is 0.0681. The number of ether oxygens (including phenoxy) is 1. The van der Waals surface area contributed by atoms with Gasteiger partial charge < -0.3 is 9.84 Å². The molecule has 0 radical (unpaired) electrons. The zero-order valence-electron chi connectivity index (χ0n) is 12.4. The van der Waals surface area contributed by atoms with Crippen LogP contribution >= 0.6 is 0 Å². The molecular formula is C15H22O5S. The molecule has 0 aliphatic rings. The minimum atomic E-state index is -3.43. The maximum Gasteiger partial charge on any atom is 0.335 e. The van der Waals surface area contributed by atoms with Gasteiger partial charge in [-0.25, -0.2) is 13.2 Å². The number of rotatable bonds is 9. The van der Waals surface area contributed by atoms with Crippen molar-refractivity contribution < 1.29 is 23.1 Å². The fourth-order valence-corrected chi connectivity index (χ4v) is 3.08. The number of hydrogen-bond donors (Lipinski definition) is 1. The molecule has 0 aliphatic heterocycles. The molecule has 0 saturated carbocycles. The fourth-order valence-electron chi connectivity index (χ4n) is 1.95. The van der Waals surface area contributed by atoms with Gasteiger partial charge in [-0.15, -0.1) is 0 Å². The van der Waals surface area contributed by atoms with E-state index in [1.54, 1.807) is 0 Å². The fraction of sp³-hybridized carbons (Fsp3) is 0.533. The SMILES string of the molecule is CCCC(C)COCCS(=O)(=O)c1ccc(C(=O)O)cc1. The van der Waals surface area contributed by atoms with E-state index in [1.165, 1.54) is 24.3 Å². The van der Waals surface area contributed by atoms with E-state index >= 15 is 0 Å². The highest BCUT2D eigenvalue weighted by Crippen LogP contribution is 2.13. The molecule has 0 fully saturated rings. The van der Waals surface area contributed by atoms with Crippen LogP contribution in [0.5, 0.6) is 0 Å². The normalized spacial score (nSPS) is 13.0. The standard InChI is InChI=1S/C15H22O5S/c1-3-4-12(2)11-20-9-10-21(18,19)14-7-5-13(6-8-14)15(16)17/h5-8,12H,3-4,9-11H2,1-2H3,(H,16,17). The third-order valence-electron chi connectivity index (χ3n) is 3.14. The first-order chi connectivity index (χ1) is 9.86. The smallest absolute Gasteiger partial charge is 0.335 e. The minimum absolute atomic E-state index is 0.0681. The number of carboxylic acids is 1. The second-order valence-corrected chi connectivity index (χ2v) is 7.23. The molecule has 1 aromatic carbocycles. The summed E-state index contributed by atoms with van der Waals surface area (Å²) in [5.74, 6) is -0.752. The van der Waals surface area contributed by atoms with Gasteiger partial charge >= 0.3 is 5.97 Å². The highest BCUT2D eigenvalue weighted by Gasteiger charge is 2.15. The highest BCUT2D eigenvalue weighted by atomic mass is 32.2. The lowest BCUT2D eigenvalue weighted by atomic mass is 10.1. The number of sulfone groups is 1. The first kappa shape index (κ1) is 17.7. The topological polar surface area (TPSA) is 80.7 Å². The Morgan fingerprint density at radius 1 is 1.29 bits per heavy atom. The molecule has 0 aromatic heterocycles. The molecule has 1 unspecified atom stereocenters. The molecular weight excluding hydrogens is 292 g/mol. The molecule has 5 nitrogen and oxygen atoms in total. The number of carboxylic acid groups (broad SMARTS) is 1. The van der Waals surface area contributed by atoms with Crippen LogP contribution in [0, 0.1) is 5.92 Å². The molecule has 0 amide bonds. The Balaban J connectivity index is 2.51. The van der Waals surface area contributed by atoms with Crippen LogP contribution in [0.3, 0.4) is 0 Å². The first-order valence-corrected chi connectivity index (χ1v) is 8.66. The lowest BCUT2D eigenvalue weighted by Gasteiger charge is -2.11. The molecule has 1 aromatic rings. The van der Waals surface area contributed by atoms with Crippen LogP contribution in [0.1, 0.15) is 37.0 Å². The maximum atomic E-state index is 12.1. The Bertz CT molecular complexity index is 548. The predicted octanol–water partition coefficient (Wildman–Crippen LogP) is 2.61. The number of benzene rings is 1. The summed E-state index contributed by atoms with van der Waals surface area (Å²) in [7, 11) is -3.43. The second kappa shape index (κ2) is 8.14. The highest BCUT2D eigenvalue weighted by molar-refractivity contribution is 7.91. The molecule has 0 aliphatic carbocycles. The molecule has 0 bridgehead atoms. The third-order valence-corrected chi connectivity index (χ3v) is 4.84. The Kier molecular flexibility index (Phi) is 6.84. The monoisotopic (exact) mass is 314 g/mol. The van der Waals surface area contributed by atoms with Crippen molar-refractivity contribution in [3.63, 3.8) is 0 Å². The summed E-state index contributed by atoms with van der Waals surface area (Å²) in [6.07, 6.45) is 2.14. The van der Waals surface area contributed by atoms with Gasteiger partial charge in [0.2, 0.25) is 0 Å². The molecule has 1 N–H and O–H groups in total. The minimum Gasteiger partial charge on any atom is -0.478 e. The lowest BCUT2D eigenvalue weighted by molar-refractivity contribution is 0.0696. The van der Waals surface area contributed by atoms with Gasteiger partial charge in [-0.2, -0.15) is 0 Å². The van der Waals surface area contributed by atoms with Gasteiger partial charge in [0.15, 0.2) is 9.84 Å². The summed E-state index contributed by atoms with van der Waals surface area (Å²) >= 11 is 0. The number of aromatic carboxylic acids is 1. The van der Waals surface area contributed by atoms with Crippen LogP contribution in [0.15, 0.2) is 29.2 Å². The average Bonchev–Trinajstić information content (AvgIpc) is 2.44. The number of hydrogen-bond acceptors (Lipinski definition) is 4. The lowest BCUT2D eigenvalue weighted by Crippen LogP contribution is -2.15. The van der Waals surface area contributed by atoms with E-state index in [2.05, 4.69) is 13.8 Å². The summed E-state index contributed by atoms with van der Waals surface area (Å²) < 4.78 is 29.5. The molecule has 1 rings (SSSR count). The van der Waals surface area contributed by atoms with E-state index in [0.717, 1.165) is 12.8 Å². The van der Waals surface area contributed by atoms with Crippen molar-refractivity contribution in [2.75, 3.05) is 19.0 Å². The number of carbonyl (C=O) groups is 1. The van der Waals surface area contributed by atoms with E-state index in [-0.39, 0.29) is 22.8 Å². The van der Waals surface area contributed by atoms with E-state index in [9.17, 15) is 13.2 Å². The molecule has 21 heavy (non-hydrogen) atoms. The zero-order chi connectivity index (χ0) is 15.9. The quantitative estimate of drug-likeness (QED) is 0.709. The molecule has 0 spiro atoms. The molecule has 1 atom stereocenters. The second-order valence-electron chi connectivity index (χ2n) is 5.12. The van der Waals surface area contributed by atoms with Crippen LogP contribution in [-0.2, 0) is 14.6 Å². The van der Waals surface area contributed by atoms with E-state index < -0.39 is 15.8 Å². The van der Waals surface area contributed by atoms with Crippen LogP contribution in [0.25, 0.3) is 0 Å². The Labute approximate surface area is 125 Å². The average molecular weight is 314 g/mol. The van der Waals surface area contributed by atoms with Crippen molar-refractivity contribution in [2.24, 2.45) is 5.92 Å². The van der Waals surface area contributed by atoms with E-state index in [1.807, 2.05) is 0 Å².